The van der Waals surface area contributed by atoms with Crippen LogP contribution in [-0.4, -0.2) is 45.7 Å². The third-order valence-electron chi connectivity index (χ3n) is 4.82. The van der Waals surface area contributed by atoms with Crippen LogP contribution in [0.5, 0.6) is 0 Å². The molecule has 1 aromatic rings. The van der Waals surface area contributed by atoms with Gasteiger partial charge in [-0.2, -0.15) is 0 Å². The van der Waals surface area contributed by atoms with E-state index in [4.69, 9.17) is 25.6 Å². The number of nitrogens with zero attached hydrogens (tertiary/aromatic N) is 1. The molecule has 0 amide bonds. The normalized spacial score (nSPS) is 31.7. The summed E-state index contributed by atoms with van der Waals surface area (Å²) < 4.78 is 19.0. The van der Waals surface area contributed by atoms with Crippen LogP contribution in [0.15, 0.2) is 21.9 Å². The molecule has 146 valence electrons. The van der Waals surface area contributed by atoms with Crippen molar-refractivity contribution < 1.29 is 18.9 Å². The highest BCUT2D eigenvalue weighted by atomic mass is 32.5. The molecular formula is C16H25N2O6PS. The first-order chi connectivity index (χ1) is 12.4. The van der Waals surface area contributed by atoms with Gasteiger partial charge in [-0.25, -0.2) is 4.79 Å². The monoisotopic (exact) mass is 404 g/mol. The minimum Gasteiger partial charge on any atom is -0.390 e. The molecule has 2 N–H and O–H groups in total. The first-order valence-corrected chi connectivity index (χ1v) is 11.6. The number of aliphatic hydroxyl groups is 1. The number of rotatable bonds is 7. The lowest BCUT2D eigenvalue weighted by atomic mass is 10.0. The predicted octanol–water partition coefficient (Wildman–Crippen LogP) is 1.35. The lowest BCUT2D eigenvalue weighted by Crippen LogP contribution is -2.42. The largest absolute Gasteiger partial charge is 0.390 e. The number of aromatic amines is 1. The van der Waals surface area contributed by atoms with Crippen molar-refractivity contribution in [2.45, 2.75) is 57.2 Å². The van der Waals surface area contributed by atoms with E-state index in [1.165, 1.54) is 16.8 Å². The van der Waals surface area contributed by atoms with Crippen LogP contribution in [0.3, 0.4) is 0 Å². The third kappa shape index (κ3) is 4.03. The SMILES string of the molecule is CCOP(=S)(OCC)C1CC1[C@H]1O[C@@H](n2ccc(=O)[nH]c2=O)CC[C@@H]1O. The van der Waals surface area contributed by atoms with E-state index in [1.807, 2.05) is 13.8 Å². The Kier molecular flexibility index (Phi) is 6.16. The summed E-state index contributed by atoms with van der Waals surface area (Å²) in [5.74, 6) is 0.0511. The van der Waals surface area contributed by atoms with E-state index in [1.54, 1.807) is 0 Å². The van der Waals surface area contributed by atoms with Crippen molar-refractivity contribution in [3.63, 3.8) is 0 Å². The van der Waals surface area contributed by atoms with Crippen LogP contribution in [0.25, 0.3) is 0 Å². The second kappa shape index (κ2) is 8.04. The van der Waals surface area contributed by atoms with Gasteiger partial charge in [0.25, 0.3) is 5.56 Å². The first-order valence-electron chi connectivity index (χ1n) is 8.93. The average molecular weight is 404 g/mol. The maximum absolute atomic E-state index is 12.0. The topological polar surface area (TPSA) is 103 Å². The average Bonchev–Trinajstić information content (AvgIpc) is 3.37. The Hall–Kier alpha value is -0.830. The van der Waals surface area contributed by atoms with E-state index < -0.39 is 36.2 Å². The molecule has 0 spiro atoms. The summed E-state index contributed by atoms with van der Waals surface area (Å²) in [6, 6.07) is 1.29. The summed E-state index contributed by atoms with van der Waals surface area (Å²) >= 11 is 5.66. The molecule has 2 unspecified atom stereocenters. The van der Waals surface area contributed by atoms with Crippen molar-refractivity contribution in [1.29, 1.82) is 0 Å². The number of H-pyrrole nitrogens is 1. The van der Waals surface area contributed by atoms with Gasteiger partial charge in [0.15, 0.2) is 6.49 Å². The van der Waals surface area contributed by atoms with Gasteiger partial charge in [-0.1, -0.05) is 0 Å². The van der Waals surface area contributed by atoms with Gasteiger partial charge in [0, 0.05) is 23.8 Å². The Morgan fingerprint density at radius 1 is 1.35 bits per heavy atom. The number of ether oxygens (including phenoxy) is 1. The van der Waals surface area contributed by atoms with E-state index >= 15 is 0 Å². The van der Waals surface area contributed by atoms with Gasteiger partial charge >= 0.3 is 5.69 Å². The molecule has 2 aliphatic rings. The van der Waals surface area contributed by atoms with Gasteiger partial charge in [-0.3, -0.25) is 14.3 Å². The molecule has 1 aromatic heterocycles. The van der Waals surface area contributed by atoms with E-state index in [0.717, 1.165) is 6.42 Å². The Bertz CT molecular complexity index is 785. The highest BCUT2D eigenvalue weighted by molar-refractivity contribution is 8.10. The summed E-state index contributed by atoms with van der Waals surface area (Å²) in [6.45, 7) is 2.35. The molecule has 2 fully saturated rings. The van der Waals surface area contributed by atoms with Gasteiger partial charge in [0.1, 0.15) is 6.23 Å². The highest BCUT2D eigenvalue weighted by Gasteiger charge is 2.56. The number of aromatic nitrogens is 2. The Labute approximate surface area is 156 Å². The Morgan fingerprint density at radius 3 is 2.65 bits per heavy atom. The van der Waals surface area contributed by atoms with E-state index in [9.17, 15) is 14.7 Å². The van der Waals surface area contributed by atoms with Gasteiger partial charge in [-0.15, -0.1) is 0 Å². The molecule has 1 aliphatic carbocycles. The first kappa shape index (κ1) is 19.9. The van der Waals surface area contributed by atoms with Crippen molar-refractivity contribution in [2.24, 2.45) is 5.92 Å². The second-order valence-corrected chi connectivity index (χ2v) is 10.3. The number of nitrogens with one attached hydrogen (secondary N) is 1. The Balaban J connectivity index is 1.75. The molecule has 1 saturated carbocycles. The molecule has 1 aliphatic heterocycles. The molecule has 5 atom stereocenters. The summed E-state index contributed by atoms with van der Waals surface area (Å²) in [6.07, 6.45) is 1.64. The molecule has 0 aromatic carbocycles. The highest BCUT2D eigenvalue weighted by Crippen LogP contribution is 2.67. The van der Waals surface area contributed by atoms with Gasteiger partial charge < -0.3 is 18.9 Å². The van der Waals surface area contributed by atoms with E-state index in [2.05, 4.69) is 4.98 Å². The molecule has 10 heteroatoms. The maximum atomic E-state index is 12.0. The molecule has 2 heterocycles. The van der Waals surface area contributed by atoms with Gasteiger partial charge in [0.05, 0.1) is 25.4 Å². The minimum atomic E-state index is -2.41. The molecule has 3 rings (SSSR count). The fourth-order valence-corrected chi connectivity index (χ4v) is 7.25. The van der Waals surface area contributed by atoms with Crippen molar-refractivity contribution in [3.05, 3.63) is 33.1 Å². The fraction of sp³-hybridized carbons (Fsp3) is 0.750. The van der Waals surface area contributed by atoms with Crippen molar-refractivity contribution in [2.75, 3.05) is 13.2 Å². The zero-order valence-corrected chi connectivity index (χ0v) is 16.6. The second-order valence-electron chi connectivity index (χ2n) is 6.56. The molecule has 1 saturated heterocycles. The van der Waals surface area contributed by atoms with E-state index in [0.29, 0.717) is 26.1 Å². The van der Waals surface area contributed by atoms with Crippen LogP contribution in [-0.2, 0) is 25.6 Å². The minimum absolute atomic E-state index is 0.0511. The summed E-state index contributed by atoms with van der Waals surface area (Å²) in [5, 5.41) is 10.4. The number of aliphatic hydroxyl groups excluding tert-OH is 1. The van der Waals surface area contributed by atoms with Crippen molar-refractivity contribution in [3.8, 4) is 0 Å². The third-order valence-corrected chi connectivity index (χ3v) is 8.90. The quantitative estimate of drug-likeness (QED) is 0.661. The summed E-state index contributed by atoms with van der Waals surface area (Å²) in [5.41, 5.74) is -0.906. The lowest BCUT2D eigenvalue weighted by Gasteiger charge is -2.35. The van der Waals surface area contributed by atoms with Crippen LogP contribution >= 0.6 is 6.49 Å². The van der Waals surface area contributed by atoms with Crippen molar-refractivity contribution in [1.82, 2.24) is 9.55 Å². The number of hydrogen-bond acceptors (Lipinski definition) is 7. The van der Waals surface area contributed by atoms with Gasteiger partial charge in [0.2, 0.25) is 0 Å². The molecule has 26 heavy (non-hydrogen) atoms. The van der Waals surface area contributed by atoms with Crippen LogP contribution in [0.1, 0.15) is 39.3 Å². The maximum Gasteiger partial charge on any atom is 0.330 e. The smallest absolute Gasteiger partial charge is 0.330 e. The summed E-state index contributed by atoms with van der Waals surface area (Å²) in [7, 11) is 0. The standard InChI is InChI=1S/C16H25N2O6PS/c1-3-22-25(26,23-4-2)12-9-10(12)15-11(19)5-6-14(24-15)18-8-7-13(20)17-16(18)21/h7-8,10-12,14-15,19H,3-6,9H2,1-2H3,(H,17,20,21)/t10?,11-,12?,14+,15+/m0/s1. The fourth-order valence-electron chi connectivity index (χ4n) is 3.57. The Morgan fingerprint density at radius 2 is 2.04 bits per heavy atom. The van der Waals surface area contributed by atoms with Crippen LogP contribution in [0.2, 0.25) is 0 Å². The lowest BCUT2D eigenvalue weighted by molar-refractivity contribution is -0.155. The predicted molar refractivity (Wildman–Crippen MR) is 99.9 cm³/mol. The zero-order chi connectivity index (χ0) is 18.9. The summed E-state index contributed by atoms with van der Waals surface area (Å²) in [4.78, 5) is 25.5. The van der Waals surface area contributed by atoms with Crippen LogP contribution < -0.4 is 11.2 Å². The van der Waals surface area contributed by atoms with E-state index in [-0.39, 0.29) is 11.6 Å². The molecule has 0 bridgehead atoms. The molecule has 0 radical (unpaired) electrons. The van der Waals surface area contributed by atoms with Crippen LogP contribution in [0, 0.1) is 5.92 Å². The zero-order valence-electron chi connectivity index (χ0n) is 14.9. The van der Waals surface area contributed by atoms with Crippen LogP contribution in [0.4, 0.5) is 0 Å². The number of hydrogen-bond donors (Lipinski definition) is 2. The van der Waals surface area contributed by atoms with Crippen molar-refractivity contribution >= 4 is 18.3 Å². The molecule has 8 nitrogen and oxygen atoms in total. The van der Waals surface area contributed by atoms with Gasteiger partial charge in [-0.05, 0) is 44.9 Å². The molecular weight excluding hydrogens is 379 g/mol.